The molecule has 1 unspecified atom stereocenters. The maximum atomic E-state index is 9.85. The van der Waals surface area contributed by atoms with Gasteiger partial charge in [0.15, 0.2) is 0 Å². The Kier molecular flexibility index (Phi) is 6.67. The lowest BCUT2D eigenvalue weighted by Gasteiger charge is -2.14. The van der Waals surface area contributed by atoms with Gasteiger partial charge in [-0.1, -0.05) is 24.3 Å². The number of aliphatic hydroxyl groups excluding tert-OH is 1. The standard InChI is InChI=1S/C17H23N3O2/c1-14-6-5-9-19-17(14)20-11-10-18-12-15(21)13-22-16-7-3-2-4-8-16/h2-9,15,18,21H,10-13H2,1H3,(H,19,20). The summed E-state index contributed by atoms with van der Waals surface area (Å²) in [5, 5.41) is 16.3. The van der Waals surface area contributed by atoms with Crippen LogP contribution in [0.5, 0.6) is 5.75 Å². The molecule has 5 heteroatoms. The molecule has 0 amide bonds. The van der Waals surface area contributed by atoms with Gasteiger partial charge in [-0.3, -0.25) is 0 Å². The van der Waals surface area contributed by atoms with E-state index < -0.39 is 6.10 Å². The van der Waals surface area contributed by atoms with Crippen molar-refractivity contribution in [3.63, 3.8) is 0 Å². The molecule has 0 fully saturated rings. The second-order valence-corrected chi connectivity index (χ2v) is 5.08. The van der Waals surface area contributed by atoms with Crippen molar-refractivity contribution in [2.24, 2.45) is 0 Å². The number of aromatic nitrogens is 1. The topological polar surface area (TPSA) is 66.4 Å². The van der Waals surface area contributed by atoms with Gasteiger partial charge in [0.2, 0.25) is 0 Å². The Labute approximate surface area is 131 Å². The number of aliphatic hydroxyl groups is 1. The smallest absolute Gasteiger partial charge is 0.128 e. The Hall–Kier alpha value is -2.11. The third-order valence-corrected chi connectivity index (χ3v) is 3.17. The summed E-state index contributed by atoms with van der Waals surface area (Å²) in [6.07, 6.45) is 1.24. The average Bonchev–Trinajstić information content (AvgIpc) is 2.55. The largest absolute Gasteiger partial charge is 0.491 e. The summed E-state index contributed by atoms with van der Waals surface area (Å²) >= 11 is 0. The van der Waals surface area contributed by atoms with Crippen LogP contribution >= 0.6 is 0 Å². The van der Waals surface area contributed by atoms with Crippen molar-refractivity contribution in [1.29, 1.82) is 0 Å². The van der Waals surface area contributed by atoms with Gasteiger partial charge in [0.25, 0.3) is 0 Å². The van der Waals surface area contributed by atoms with Gasteiger partial charge in [0.1, 0.15) is 24.3 Å². The quantitative estimate of drug-likeness (QED) is 0.617. The van der Waals surface area contributed by atoms with E-state index >= 15 is 0 Å². The SMILES string of the molecule is Cc1cccnc1NCCNCC(O)COc1ccccc1. The summed E-state index contributed by atoms with van der Waals surface area (Å²) < 4.78 is 5.49. The molecule has 1 aromatic heterocycles. The summed E-state index contributed by atoms with van der Waals surface area (Å²) in [6, 6.07) is 13.4. The maximum absolute atomic E-state index is 9.85. The second-order valence-electron chi connectivity index (χ2n) is 5.08. The highest BCUT2D eigenvalue weighted by molar-refractivity contribution is 5.42. The van der Waals surface area contributed by atoms with Crippen LogP contribution in [0.25, 0.3) is 0 Å². The van der Waals surface area contributed by atoms with E-state index in [4.69, 9.17) is 4.74 Å². The molecular formula is C17H23N3O2. The summed E-state index contributed by atoms with van der Waals surface area (Å²) in [7, 11) is 0. The Morgan fingerprint density at radius 3 is 2.73 bits per heavy atom. The Balaban J connectivity index is 1.56. The van der Waals surface area contributed by atoms with Crippen LogP contribution in [-0.4, -0.2) is 42.4 Å². The van der Waals surface area contributed by atoms with E-state index in [0.717, 1.165) is 30.2 Å². The molecule has 1 heterocycles. The first-order chi connectivity index (χ1) is 10.8. The normalized spacial score (nSPS) is 11.9. The summed E-state index contributed by atoms with van der Waals surface area (Å²) in [5.41, 5.74) is 1.12. The van der Waals surface area contributed by atoms with Crippen LogP contribution in [0, 0.1) is 6.92 Å². The van der Waals surface area contributed by atoms with E-state index in [0.29, 0.717) is 6.54 Å². The molecule has 5 nitrogen and oxygen atoms in total. The fourth-order valence-electron chi connectivity index (χ4n) is 1.98. The average molecular weight is 301 g/mol. The van der Waals surface area contributed by atoms with Gasteiger partial charge in [-0.15, -0.1) is 0 Å². The van der Waals surface area contributed by atoms with Crippen LogP contribution in [0.1, 0.15) is 5.56 Å². The number of para-hydroxylation sites is 1. The molecule has 0 radical (unpaired) electrons. The molecule has 0 bridgehead atoms. The number of ether oxygens (including phenoxy) is 1. The highest BCUT2D eigenvalue weighted by Crippen LogP contribution is 2.09. The first-order valence-electron chi connectivity index (χ1n) is 7.48. The van der Waals surface area contributed by atoms with Crippen molar-refractivity contribution in [3.05, 3.63) is 54.2 Å². The fraction of sp³-hybridized carbons (Fsp3) is 0.353. The molecule has 0 saturated heterocycles. The summed E-state index contributed by atoms with van der Waals surface area (Å²) in [4.78, 5) is 4.27. The number of benzene rings is 1. The number of nitrogens with one attached hydrogen (secondary N) is 2. The van der Waals surface area contributed by atoms with Gasteiger partial charge in [0.05, 0.1) is 0 Å². The minimum atomic E-state index is -0.531. The number of nitrogens with zero attached hydrogens (tertiary/aromatic N) is 1. The van der Waals surface area contributed by atoms with Crippen molar-refractivity contribution in [1.82, 2.24) is 10.3 Å². The van der Waals surface area contributed by atoms with Crippen molar-refractivity contribution >= 4 is 5.82 Å². The van der Waals surface area contributed by atoms with E-state index in [1.54, 1.807) is 6.20 Å². The van der Waals surface area contributed by atoms with Crippen LogP contribution in [0.2, 0.25) is 0 Å². The zero-order chi connectivity index (χ0) is 15.6. The van der Waals surface area contributed by atoms with Crippen LogP contribution in [0.3, 0.4) is 0 Å². The molecule has 0 aliphatic heterocycles. The number of rotatable bonds is 9. The molecule has 0 saturated carbocycles. The van der Waals surface area contributed by atoms with Gasteiger partial charge >= 0.3 is 0 Å². The van der Waals surface area contributed by atoms with E-state index in [-0.39, 0.29) is 6.61 Å². The van der Waals surface area contributed by atoms with Gasteiger partial charge in [-0.05, 0) is 30.7 Å². The summed E-state index contributed by atoms with van der Waals surface area (Å²) in [6.45, 7) is 4.30. The maximum Gasteiger partial charge on any atom is 0.128 e. The number of hydrogen-bond acceptors (Lipinski definition) is 5. The highest BCUT2D eigenvalue weighted by Gasteiger charge is 2.04. The van der Waals surface area contributed by atoms with E-state index in [9.17, 15) is 5.11 Å². The predicted octanol–water partition coefficient (Wildman–Crippen LogP) is 1.83. The van der Waals surface area contributed by atoms with E-state index in [1.807, 2.05) is 49.4 Å². The van der Waals surface area contributed by atoms with Crippen LogP contribution < -0.4 is 15.4 Å². The van der Waals surface area contributed by atoms with Crippen LogP contribution in [0.15, 0.2) is 48.7 Å². The fourth-order valence-corrected chi connectivity index (χ4v) is 1.98. The van der Waals surface area contributed by atoms with E-state index in [1.165, 1.54) is 0 Å². The third kappa shape index (κ3) is 5.71. The summed E-state index contributed by atoms with van der Waals surface area (Å²) in [5.74, 6) is 1.67. The number of aryl methyl sites for hydroxylation is 1. The molecule has 22 heavy (non-hydrogen) atoms. The van der Waals surface area contributed by atoms with Gasteiger partial charge < -0.3 is 20.5 Å². The molecule has 0 aliphatic carbocycles. The molecule has 2 rings (SSSR count). The van der Waals surface area contributed by atoms with Crippen molar-refractivity contribution in [3.8, 4) is 5.75 Å². The van der Waals surface area contributed by atoms with E-state index in [2.05, 4.69) is 15.6 Å². The molecular weight excluding hydrogens is 278 g/mol. The predicted molar refractivity (Wildman–Crippen MR) is 88.3 cm³/mol. The van der Waals surface area contributed by atoms with Crippen molar-refractivity contribution in [2.45, 2.75) is 13.0 Å². The first-order valence-corrected chi connectivity index (χ1v) is 7.48. The molecule has 0 aliphatic rings. The van der Waals surface area contributed by atoms with Gasteiger partial charge in [0, 0.05) is 25.8 Å². The van der Waals surface area contributed by atoms with Gasteiger partial charge in [-0.25, -0.2) is 4.98 Å². The number of pyridine rings is 1. The lowest BCUT2D eigenvalue weighted by Crippen LogP contribution is -2.34. The zero-order valence-corrected chi connectivity index (χ0v) is 12.8. The monoisotopic (exact) mass is 301 g/mol. The first kappa shape index (κ1) is 16.3. The molecule has 3 N–H and O–H groups in total. The lowest BCUT2D eigenvalue weighted by molar-refractivity contribution is 0.107. The third-order valence-electron chi connectivity index (χ3n) is 3.17. The zero-order valence-electron chi connectivity index (χ0n) is 12.8. The Morgan fingerprint density at radius 2 is 1.95 bits per heavy atom. The second kappa shape index (κ2) is 9.02. The molecule has 1 aromatic carbocycles. The molecule has 1 atom stereocenters. The van der Waals surface area contributed by atoms with Crippen LogP contribution in [-0.2, 0) is 0 Å². The molecule has 118 valence electrons. The van der Waals surface area contributed by atoms with Gasteiger partial charge in [-0.2, -0.15) is 0 Å². The minimum absolute atomic E-state index is 0.282. The molecule has 0 spiro atoms. The number of anilines is 1. The van der Waals surface area contributed by atoms with Crippen molar-refractivity contribution in [2.75, 3.05) is 31.6 Å². The Morgan fingerprint density at radius 1 is 1.14 bits per heavy atom. The lowest BCUT2D eigenvalue weighted by atomic mass is 10.3. The van der Waals surface area contributed by atoms with Crippen LogP contribution in [0.4, 0.5) is 5.82 Å². The number of hydrogen-bond donors (Lipinski definition) is 3. The minimum Gasteiger partial charge on any atom is -0.491 e. The highest BCUT2D eigenvalue weighted by atomic mass is 16.5. The van der Waals surface area contributed by atoms with Crippen molar-refractivity contribution < 1.29 is 9.84 Å². The Bertz CT molecular complexity index is 549. The molecule has 2 aromatic rings.